The van der Waals surface area contributed by atoms with Gasteiger partial charge >= 0.3 is 0 Å². The van der Waals surface area contributed by atoms with E-state index in [2.05, 4.69) is 25.6 Å². The van der Waals surface area contributed by atoms with Crippen molar-refractivity contribution in [2.75, 3.05) is 10.6 Å². The van der Waals surface area contributed by atoms with Gasteiger partial charge in [-0.15, -0.1) is 0 Å². The van der Waals surface area contributed by atoms with Gasteiger partial charge in [0.2, 0.25) is 0 Å². The van der Waals surface area contributed by atoms with Crippen LogP contribution in [0.25, 0.3) is 10.8 Å². The number of fused-ring (bicyclic) bond motifs is 1. The molecule has 0 amide bonds. The average Bonchev–Trinajstić information content (AvgIpc) is 3.18. The molecule has 27 heavy (non-hydrogen) atoms. The summed E-state index contributed by atoms with van der Waals surface area (Å²) in [5.74, 6) is 1.71. The number of hydrogen-bond donors (Lipinski definition) is 2. The summed E-state index contributed by atoms with van der Waals surface area (Å²) in [5.41, 5.74) is -0.215. The van der Waals surface area contributed by atoms with Crippen molar-refractivity contribution in [3.63, 3.8) is 0 Å². The third-order valence-electron chi connectivity index (χ3n) is 4.72. The van der Waals surface area contributed by atoms with Crippen molar-refractivity contribution in [3.05, 3.63) is 47.3 Å². The van der Waals surface area contributed by atoms with E-state index >= 15 is 0 Å². The minimum atomic E-state index is -0.215. The summed E-state index contributed by atoms with van der Waals surface area (Å²) in [5, 5.41) is 16.8. The lowest BCUT2D eigenvalue weighted by Crippen LogP contribution is -2.23. The van der Waals surface area contributed by atoms with Gasteiger partial charge in [-0.2, -0.15) is 5.26 Å². The Balaban J connectivity index is 1.81. The lowest BCUT2D eigenvalue weighted by atomic mass is 10.1. The average molecular weight is 361 g/mol. The molecule has 0 aromatic carbocycles. The molecule has 1 aliphatic carbocycles. The number of hydrogen-bond acceptors (Lipinski definition) is 7. The first kappa shape index (κ1) is 17.0. The van der Waals surface area contributed by atoms with Gasteiger partial charge in [0.25, 0.3) is 5.56 Å². The molecule has 8 nitrogen and oxygen atoms in total. The van der Waals surface area contributed by atoms with E-state index in [-0.39, 0.29) is 12.1 Å². The Morgan fingerprint density at radius 3 is 2.85 bits per heavy atom. The van der Waals surface area contributed by atoms with Crippen molar-refractivity contribution >= 4 is 28.2 Å². The Kier molecular flexibility index (Phi) is 4.66. The first-order valence-electron chi connectivity index (χ1n) is 8.95. The van der Waals surface area contributed by atoms with Crippen molar-refractivity contribution in [2.45, 2.75) is 38.3 Å². The first-order chi connectivity index (χ1) is 13.2. The van der Waals surface area contributed by atoms with Crippen LogP contribution in [0.2, 0.25) is 0 Å². The molecule has 0 bridgehead atoms. The molecule has 0 aliphatic heterocycles. The van der Waals surface area contributed by atoms with E-state index in [1.807, 2.05) is 18.2 Å². The molecule has 2 N–H and O–H groups in total. The number of nitrogens with zero attached hydrogens (tertiary/aromatic N) is 5. The summed E-state index contributed by atoms with van der Waals surface area (Å²) in [6.07, 6.45) is 10.9. The molecule has 8 heteroatoms. The highest BCUT2D eigenvalue weighted by Gasteiger charge is 2.19. The number of anilines is 3. The molecular formula is C19H19N7O. The van der Waals surface area contributed by atoms with Gasteiger partial charge in [-0.25, -0.2) is 9.97 Å². The van der Waals surface area contributed by atoms with Crippen LogP contribution in [0.3, 0.4) is 0 Å². The van der Waals surface area contributed by atoms with Gasteiger partial charge in [-0.3, -0.25) is 9.78 Å². The summed E-state index contributed by atoms with van der Waals surface area (Å²) in [4.78, 5) is 25.8. The second kappa shape index (κ2) is 7.41. The van der Waals surface area contributed by atoms with Gasteiger partial charge in [0, 0.05) is 24.6 Å². The Labute approximate surface area is 155 Å². The molecule has 0 saturated heterocycles. The lowest BCUT2D eigenvalue weighted by molar-refractivity contribution is 0.751. The Bertz CT molecular complexity index is 1050. The standard InChI is InChI=1S/C19H19N7O/c20-6-10-26-9-5-13-11-15(24-16-12-21-7-8-22-16)25-18(17(13)19(26)27)23-14-3-1-2-4-14/h5,7-9,11-12,14H,1-4,10H2,(H2,22,23,24,25). The zero-order chi connectivity index (χ0) is 18.6. The van der Waals surface area contributed by atoms with E-state index in [9.17, 15) is 4.79 Å². The smallest absolute Gasteiger partial charge is 0.263 e. The van der Waals surface area contributed by atoms with Crippen molar-refractivity contribution in [3.8, 4) is 6.07 Å². The summed E-state index contributed by atoms with van der Waals surface area (Å²) in [7, 11) is 0. The fraction of sp³-hybridized carbons (Fsp3) is 0.316. The van der Waals surface area contributed by atoms with E-state index in [4.69, 9.17) is 5.26 Å². The minimum Gasteiger partial charge on any atom is -0.367 e. The van der Waals surface area contributed by atoms with Crippen molar-refractivity contribution < 1.29 is 0 Å². The Hall–Kier alpha value is -3.47. The number of rotatable bonds is 5. The predicted octanol–water partition coefficient (Wildman–Crippen LogP) is 2.81. The van der Waals surface area contributed by atoms with Crippen LogP contribution in [0.1, 0.15) is 25.7 Å². The largest absolute Gasteiger partial charge is 0.367 e. The molecule has 1 saturated carbocycles. The highest BCUT2D eigenvalue weighted by atomic mass is 16.1. The summed E-state index contributed by atoms with van der Waals surface area (Å²) in [6, 6.07) is 5.96. The molecule has 3 heterocycles. The maximum absolute atomic E-state index is 12.9. The Morgan fingerprint density at radius 1 is 1.26 bits per heavy atom. The van der Waals surface area contributed by atoms with E-state index in [1.54, 1.807) is 24.8 Å². The number of nitrogens with one attached hydrogen (secondary N) is 2. The third-order valence-corrected chi connectivity index (χ3v) is 4.72. The van der Waals surface area contributed by atoms with Crippen molar-refractivity contribution in [2.24, 2.45) is 0 Å². The molecule has 0 unspecified atom stereocenters. The van der Waals surface area contributed by atoms with Crippen LogP contribution in [0, 0.1) is 11.3 Å². The van der Waals surface area contributed by atoms with Crippen molar-refractivity contribution in [1.82, 2.24) is 19.5 Å². The van der Waals surface area contributed by atoms with Crippen LogP contribution in [-0.4, -0.2) is 25.6 Å². The van der Waals surface area contributed by atoms with Gasteiger partial charge in [0.1, 0.15) is 24.0 Å². The van der Waals surface area contributed by atoms with E-state index in [0.29, 0.717) is 28.9 Å². The van der Waals surface area contributed by atoms with Crippen molar-refractivity contribution in [1.29, 1.82) is 5.26 Å². The predicted molar refractivity (Wildman–Crippen MR) is 103 cm³/mol. The first-order valence-corrected chi connectivity index (χ1v) is 8.95. The zero-order valence-corrected chi connectivity index (χ0v) is 14.7. The van der Waals surface area contributed by atoms with Crippen LogP contribution in [0.5, 0.6) is 0 Å². The van der Waals surface area contributed by atoms with Crippen LogP contribution < -0.4 is 16.2 Å². The molecule has 3 aromatic heterocycles. The second-order valence-corrected chi connectivity index (χ2v) is 6.57. The van der Waals surface area contributed by atoms with Crippen LogP contribution in [-0.2, 0) is 6.54 Å². The summed E-state index contributed by atoms with van der Waals surface area (Å²) >= 11 is 0. The number of aromatic nitrogens is 4. The van der Waals surface area contributed by atoms with Gasteiger partial charge in [-0.1, -0.05) is 12.8 Å². The van der Waals surface area contributed by atoms with Gasteiger partial charge in [-0.05, 0) is 30.4 Å². The van der Waals surface area contributed by atoms with Gasteiger partial charge in [0.05, 0.1) is 17.7 Å². The molecule has 4 rings (SSSR count). The van der Waals surface area contributed by atoms with Crippen LogP contribution >= 0.6 is 0 Å². The van der Waals surface area contributed by atoms with E-state index in [0.717, 1.165) is 18.2 Å². The van der Waals surface area contributed by atoms with E-state index < -0.39 is 0 Å². The van der Waals surface area contributed by atoms with Gasteiger partial charge in [0.15, 0.2) is 0 Å². The summed E-state index contributed by atoms with van der Waals surface area (Å²) in [6.45, 7) is 0.0112. The maximum Gasteiger partial charge on any atom is 0.263 e. The van der Waals surface area contributed by atoms with E-state index in [1.165, 1.54) is 17.4 Å². The second-order valence-electron chi connectivity index (χ2n) is 6.57. The molecular weight excluding hydrogens is 342 g/mol. The highest BCUT2D eigenvalue weighted by Crippen LogP contribution is 2.27. The third kappa shape index (κ3) is 3.58. The molecule has 1 aliphatic rings. The van der Waals surface area contributed by atoms with Crippen LogP contribution in [0.4, 0.5) is 17.5 Å². The van der Waals surface area contributed by atoms with Crippen LogP contribution in [0.15, 0.2) is 41.7 Å². The fourth-order valence-electron chi connectivity index (χ4n) is 3.43. The molecule has 136 valence electrons. The Morgan fingerprint density at radius 2 is 2.11 bits per heavy atom. The number of nitriles is 1. The number of pyridine rings is 2. The highest BCUT2D eigenvalue weighted by molar-refractivity contribution is 5.93. The molecule has 1 fully saturated rings. The molecule has 0 spiro atoms. The monoisotopic (exact) mass is 361 g/mol. The maximum atomic E-state index is 12.9. The fourth-order valence-corrected chi connectivity index (χ4v) is 3.43. The normalized spacial score (nSPS) is 14.2. The zero-order valence-electron chi connectivity index (χ0n) is 14.7. The quantitative estimate of drug-likeness (QED) is 0.719. The molecule has 0 radical (unpaired) electrons. The minimum absolute atomic E-state index is 0.0112. The molecule has 0 atom stereocenters. The van der Waals surface area contributed by atoms with Gasteiger partial charge < -0.3 is 15.2 Å². The lowest BCUT2D eigenvalue weighted by Gasteiger charge is -2.16. The topological polar surface area (TPSA) is 109 Å². The molecule has 3 aromatic rings. The SMILES string of the molecule is N#CCn1ccc2cc(Nc3cnccn3)nc(NC3CCCC3)c2c1=O. The summed E-state index contributed by atoms with van der Waals surface area (Å²) < 4.78 is 1.40.